The molecular weight excluding hydrogens is 232 g/mol. The fraction of sp³-hybridized carbons (Fsp3) is 0.647. The number of hydrogen-bond acceptors (Lipinski definition) is 2. The number of hydrogen-bond donors (Lipinski definition) is 1. The van der Waals surface area contributed by atoms with Crippen molar-refractivity contribution in [3.05, 3.63) is 35.4 Å². The number of rotatable bonds is 2. The number of nitrogens with one attached hydrogen (secondary N) is 1. The lowest BCUT2D eigenvalue weighted by Gasteiger charge is -2.33. The van der Waals surface area contributed by atoms with Crippen molar-refractivity contribution in [2.24, 2.45) is 5.41 Å². The van der Waals surface area contributed by atoms with Gasteiger partial charge in [0.2, 0.25) is 0 Å². The highest BCUT2D eigenvalue weighted by atomic mass is 15.2. The molecule has 0 amide bonds. The molecule has 1 aliphatic heterocycles. The van der Waals surface area contributed by atoms with E-state index in [1.54, 1.807) is 0 Å². The molecule has 1 aromatic carbocycles. The standard InChI is InChI=1S/C17H28N2/c1-14-7-5-8-15(11-14)12-19-10-6-9-18-16(13-19)17(2,3)4/h5,7-8,11,16,18H,6,9-10,12-13H2,1-4H3. The lowest BCUT2D eigenvalue weighted by Crippen LogP contribution is -2.46. The highest BCUT2D eigenvalue weighted by Crippen LogP contribution is 2.22. The summed E-state index contributed by atoms with van der Waals surface area (Å²) in [5, 5.41) is 3.71. The molecule has 0 bridgehead atoms. The Morgan fingerprint density at radius 1 is 1.32 bits per heavy atom. The Kier molecular flexibility index (Phi) is 4.64. The van der Waals surface area contributed by atoms with Gasteiger partial charge in [-0.2, -0.15) is 0 Å². The van der Waals surface area contributed by atoms with Crippen LogP contribution in [0.2, 0.25) is 0 Å². The largest absolute Gasteiger partial charge is 0.312 e. The first-order valence-electron chi connectivity index (χ1n) is 7.46. The maximum atomic E-state index is 3.71. The van der Waals surface area contributed by atoms with Crippen LogP contribution in [0, 0.1) is 12.3 Å². The molecular formula is C17H28N2. The third kappa shape index (κ3) is 4.32. The third-order valence-corrected chi connectivity index (χ3v) is 4.02. The SMILES string of the molecule is Cc1cccc(CN2CCCNC(C(C)(C)C)C2)c1. The van der Waals surface area contributed by atoms with E-state index in [9.17, 15) is 0 Å². The second-order valence-electron chi connectivity index (χ2n) is 6.95. The van der Waals surface area contributed by atoms with Gasteiger partial charge in [0.25, 0.3) is 0 Å². The molecule has 1 fully saturated rings. The minimum Gasteiger partial charge on any atom is -0.312 e. The molecule has 1 saturated heterocycles. The van der Waals surface area contributed by atoms with Gasteiger partial charge in [-0.3, -0.25) is 4.90 Å². The fourth-order valence-corrected chi connectivity index (χ4v) is 2.79. The molecule has 1 atom stereocenters. The van der Waals surface area contributed by atoms with Gasteiger partial charge in [0.05, 0.1) is 0 Å². The summed E-state index contributed by atoms with van der Waals surface area (Å²) in [7, 11) is 0. The maximum absolute atomic E-state index is 3.71. The maximum Gasteiger partial charge on any atom is 0.0243 e. The molecule has 1 heterocycles. The first-order chi connectivity index (χ1) is 8.95. The summed E-state index contributed by atoms with van der Waals surface area (Å²) in [5.41, 5.74) is 3.13. The molecule has 1 aliphatic rings. The summed E-state index contributed by atoms with van der Waals surface area (Å²) in [6.45, 7) is 13.8. The van der Waals surface area contributed by atoms with Crippen LogP contribution in [0.3, 0.4) is 0 Å². The molecule has 0 radical (unpaired) electrons. The Morgan fingerprint density at radius 3 is 2.79 bits per heavy atom. The smallest absolute Gasteiger partial charge is 0.0243 e. The predicted molar refractivity (Wildman–Crippen MR) is 82.3 cm³/mol. The normalized spacial score (nSPS) is 22.2. The number of nitrogens with zero attached hydrogens (tertiary/aromatic N) is 1. The van der Waals surface area contributed by atoms with E-state index in [1.807, 2.05) is 0 Å². The van der Waals surface area contributed by atoms with Crippen LogP contribution in [0.25, 0.3) is 0 Å². The first kappa shape index (κ1) is 14.5. The quantitative estimate of drug-likeness (QED) is 0.878. The summed E-state index contributed by atoms with van der Waals surface area (Å²) in [4.78, 5) is 2.60. The fourth-order valence-electron chi connectivity index (χ4n) is 2.79. The van der Waals surface area contributed by atoms with Crippen molar-refractivity contribution in [1.82, 2.24) is 10.2 Å². The van der Waals surface area contributed by atoms with Gasteiger partial charge >= 0.3 is 0 Å². The van der Waals surface area contributed by atoms with Crippen molar-refractivity contribution in [2.45, 2.75) is 46.7 Å². The Balaban J connectivity index is 2.02. The van der Waals surface area contributed by atoms with Crippen molar-refractivity contribution in [3.8, 4) is 0 Å². The Bertz CT molecular complexity index is 406. The van der Waals surface area contributed by atoms with Gasteiger partial charge in [-0.05, 0) is 37.4 Å². The lowest BCUT2D eigenvalue weighted by atomic mass is 9.86. The summed E-state index contributed by atoms with van der Waals surface area (Å²) in [5.74, 6) is 0. The molecule has 106 valence electrons. The average Bonchev–Trinajstić information content (AvgIpc) is 2.54. The van der Waals surface area contributed by atoms with Gasteiger partial charge in [-0.1, -0.05) is 50.6 Å². The van der Waals surface area contributed by atoms with Gasteiger partial charge in [0, 0.05) is 19.1 Å². The molecule has 19 heavy (non-hydrogen) atoms. The van der Waals surface area contributed by atoms with E-state index < -0.39 is 0 Å². The number of benzene rings is 1. The molecule has 1 N–H and O–H groups in total. The molecule has 2 heteroatoms. The first-order valence-corrected chi connectivity index (χ1v) is 7.46. The third-order valence-electron chi connectivity index (χ3n) is 4.02. The molecule has 2 nitrogen and oxygen atoms in total. The highest BCUT2D eigenvalue weighted by molar-refractivity contribution is 5.22. The Hall–Kier alpha value is -0.860. The van der Waals surface area contributed by atoms with Gasteiger partial charge in [0.15, 0.2) is 0 Å². The molecule has 0 spiro atoms. The second kappa shape index (κ2) is 6.06. The van der Waals surface area contributed by atoms with Crippen molar-refractivity contribution in [1.29, 1.82) is 0 Å². The molecule has 0 aliphatic carbocycles. The molecule has 1 unspecified atom stereocenters. The molecule has 1 aromatic rings. The van der Waals surface area contributed by atoms with E-state index in [0.717, 1.165) is 19.6 Å². The van der Waals surface area contributed by atoms with Gasteiger partial charge < -0.3 is 5.32 Å². The van der Waals surface area contributed by atoms with Crippen LogP contribution in [-0.4, -0.2) is 30.6 Å². The summed E-state index contributed by atoms with van der Waals surface area (Å²) in [6.07, 6.45) is 1.25. The minimum absolute atomic E-state index is 0.329. The highest BCUT2D eigenvalue weighted by Gasteiger charge is 2.27. The van der Waals surface area contributed by atoms with Crippen LogP contribution < -0.4 is 5.32 Å². The van der Waals surface area contributed by atoms with E-state index in [2.05, 4.69) is 62.2 Å². The van der Waals surface area contributed by atoms with E-state index in [1.165, 1.54) is 24.1 Å². The van der Waals surface area contributed by atoms with E-state index in [0.29, 0.717) is 11.5 Å². The van der Waals surface area contributed by atoms with Gasteiger partial charge in [-0.25, -0.2) is 0 Å². The summed E-state index contributed by atoms with van der Waals surface area (Å²) < 4.78 is 0. The van der Waals surface area contributed by atoms with Gasteiger partial charge in [-0.15, -0.1) is 0 Å². The van der Waals surface area contributed by atoms with Crippen molar-refractivity contribution < 1.29 is 0 Å². The van der Waals surface area contributed by atoms with E-state index >= 15 is 0 Å². The molecule has 2 rings (SSSR count). The topological polar surface area (TPSA) is 15.3 Å². The minimum atomic E-state index is 0.329. The van der Waals surface area contributed by atoms with Crippen LogP contribution in [0.15, 0.2) is 24.3 Å². The van der Waals surface area contributed by atoms with Crippen LogP contribution in [-0.2, 0) is 6.54 Å². The van der Waals surface area contributed by atoms with Crippen molar-refractivity contribution in [3.63, 3.8) is 0 Å². The van der Waals surface area contributed by atoms with E-state index in [-0.39, 0.29) is 0 Å². The molecule has 0 saturated carbocycles. The lowest BCUT2D eigenvalue weighted by molar-refractivity contribution is 0.192. The zero-order valence-corrected chi connectivity index (χ0v) is 12.9. The van der Waals surface area contributed by atoms with Crippen LogP contribution >= 0.6 is 0 Å². The monoisotopic (exact) mass is 260 g/mol. The number of aryl methyl sites for hydroxylation is 1. The van der Waals surface area contributed by atoms with Crippen molar-refractivity contribution >= 4 is 0 Å². The van der Waals surface area contributed by atoms with Crippen LogP contribution in [0.1, 0.15) is 38.3 Å². The molecule has 0 aromatic heterocycles. The zero-order valence-electron chi connectivity index (χ0n) is 12.9. The predicted octanol–water partition coefficient (Wildman–Crippen LogP) is 3.21. The Labute approximate surface area is 118 Å². The summed E-state index contributed by atoms with van der Waals surface area (Å²) >= 11 is 0. The second-order valence-corrected chi connectivity index (χ2v) is 6.95. The zero-order chi connectivity index (χ0) is 13.9. The van der Waals surface area contributed by atoms with Gasteiger partial charge in [0.1, 0.15) is 0 Å². The summed E-state index contributed by atoms with van der Waals surface area (Å²) in [6, 6.07) is 9.48. The van der Waals surface area contributed by atoms with Crippen molar-refractivity contribution in [2.75, 3.05) is 19.6 Å². The average molecular weight is 260 g/mol. The van der Waals surface area contributed by atoms with Crippen LogP contribution in [0.5, 0.6) is 0 Å². The van der Waals surface area contributed by atoms with Crippen LogP contribution in [0.4, 0.5) is 0 Å². The van der Waals surface area contributed by atoms with E-state index in [4.69, 9.17) is 0 Å². The Morgan fingerprint density at radius 2 is 2.11 bits per heavy atom.